The first-order valence-corrected chi connectivity index (χ1v) is 7.33. The summed E-state index contributed by atoms with van der Waals surface area (Å²) in [4.78, 5) is 0. The van der Waals surface area contributed by atoms with Crippen LogP contribution in [0.2, 0.25) is 0 Å². The van der Waals surface area contributed by atoms with E-state index in [2.05, 4.69) is 58.1 Å². The van der Waals surface area contributed by atoms with Crippen molar-refractivity contribution in [3.63, 3.8) is 0 Å². The molecule has 0 unspecified atom stereocenters. The van der Waals surface area contributed by atoms with Crippen molar-refractivity contribution in [2.75, 3.05) is 13.2 Å². The first kappa shape index (κ1) is 16.0. The van der Waals surface area contributed by atoms with Gasteiger partial charge in [0.25, 0.3) is 0 Å². The van der Waals surface area contributed by atoms with Crippen molar-refractivity contribution in [2.24, 2.45) is 0 Å². The van der Waals surface area contributed by atoms with Crippen molar-refractivity contribution in [2.45, 2.75) is 59.4 Å². The van der Waals surface area contributed by atoms with Gasteiger partial charge >= 0.3 is 0 Å². The zero-order valence-electron chi connectivity index (χ0n) is 13.2. The Hall–Kier alpha value is -1.02. The molecular weight excluding hydrogens is 234 g/mol. The van der Waals surface area contributed by atoms with Crippen molar-refractivity contribution in [1.29, 1.82) is 0 Å². The van der Waals surface area contributed by atoms with Crippen LogP contribution in [0.15, 0.2) is 18.2 Å². The molecule has 1 aromatic rings. The molecule has 0 radical (unpaired) electrons. The molecule has 2 nitrogen and oxygen atoms in total. The molecule has 0 aromatic heterocycles. The molecule has 1 aromatic carbocycles. The number of hydrogen-bond donors (Lipinski definition) is 1. The lowest BCUT2D eigenvalue weighted by Gasteiger charge is -2.20. The van der Waals surface area contributed by atoms with Gasteiger partial charge < -0.3 is 10.1 Å². The molecule has 2 heteroatoms. The van der Waals surface area contributed by atoms with Gasteiger partial charge in [0.2, 0.25) is 0 Å². The summed E-state index contributed by atoms with van der Waals surface area (Å²) < 4.78 is 5.77. The van der Waals surface area contributed by atoms with Crippen molar-refractivity contribution < 1.29 is 4.74 Å². The van der Waals surface area contributed by atoms with Crippen LogP contribution in [0.3, 0.4) is 0 Å². The molecule has 0 aliphatic rings. The van der Waals surface area contributed by atoms with Gasteiger partial charge in [-0.2, -0.15) is 0 Å². The first-order valence-electron chi connectivity index (χ1n) is 7.33. The molecule has 0 amide bonds. The van der Waals surface area contributed by atoms with E-state index in [0.29, 0.717) is 0 Å². The van der Waals surface area contributed by atoms with Gasteiger partial charge in [0, 0.05) is 5.54 Å². The van der Waals surface area contributed by atoms with Gasteiger partial charge in [0.1, 0.15) is 5.75 Å². The molecule has 0 saturated carbocycles. The maximum absolute atomic E-state index is 5.77. The lowest BCUT2D eigenvalue weighted by Crippen LogP contribution is -2.36. The van der Waals surface area contributed by atoms with E-state index in [1.807, 2.05) is 0 Å². The van der Waals surface area contributed by atoms with E-state index < -0.39 is 0 Å². The Morgan fingerprint density at radius 3 is 2.37 bits per heavy atom. The van der Waals surface area contributed by atoms with Gasteiger partial charge in [-0.25, -0.2) is 0 Å². The Bertz CT molecular complexity index is 379. The average molecular weight is 263 g/mol. The van der Waals surface area contributed by atoms with Crippen LogP contribution in [0.4, 0.5) is 0 Å². The van der Waals surface area contributed by atoms with Crippen LogP contribution in [0.5, 0.6) is 5.75 Å². The molecule has 19 heavy (non-hydrogen) atoms. The van der Waals surface area contributed by atoms with Gasteiger partial charge in [0.15, 0.2) is 0 Å². The maximum atomic E-state index is 5.77. The molecule has 0 atom stereocenters. The van der Waals surface area contributed by atoms with E-state index >= 15 is 0 Å². The third-order valence-electron chi connectivity index (χ3n) is 3.22. The van der Waals surface area contributed by atoms with E-state index in [1.54, 1.807) is 0 Å². The Morgan fingerprint density at radius 1 is 1.00 bits per heavy atom. The lowest BCUT2D eigenvalue weighted by atomic mass is 10.1. The number of hydrogen-bond acceptors (Lipinski definition) is 2. The summed E-state index contributed by atoms with van der Waals surface area (Å²) in [6.07, 6.45) is 3.56. The fourth-order valence-corrected chi connectivity index (χ4v) is 1.86. The van der Waals surface area contributed by atoms with E-state index in [0.717, 1.165) is 25.3 Å². The highest BCUT2D eigenvalue weighted by molar-refractivity contribution is 5.33. The number of rotatable bonds is 7. The van der Waals surface area contributed by atoms with Gasteiger partial charge in [0.05, 0.1) is 6.61 Å². The summed E-state index contributed by atoms with van der Waals surface area (Å²) >= 11 is 0. The monoisotopic (exact) mass is 263 g/mol. The second-order valence-electron chi connectivity index (χ2n) is 6.33. The van der Waals surface area contributed by atoms with Crippen molar-refractivity contribution in [3.8, 4) is 5.75 Å². The summed E-state index contributed by atoms with van der Waals surface area (Å²) in [5.41, 5.74) is 2.85. The molecule has 0 aliphatic carbocycles. The SMILES string of the molecule is Cc1ccc(OCCCCCNC(C)(C)C)cc1C. The minimum absolute atomic E-state index is 0.232. The van der Waals surface area contributed by atoms with E-state index in [1.165, 1.54) is 24.0 Å². The molecule has 0 spiro atoms. The van der Waals surface area contributed by atoms with E-state index in [9.17, 15) is 0 Å². The van der Waals surface area contributed by atoms with Crippen LogP contribution in [-0.4, -0.2) is 18.7 Å². The summed E-state index contributed by atoms with van der Waals surface area (Å²) in [6, 6.07) is 6.30. The van der Waals surface area contributed by atoms with Crippen LogP contribution in [0.1, 0.15) is 51.2 Å². The van der Waals surface area contributed by atoms with E-state index in [4.69, 9.17) is 4.74 Å². The molecule has 1 rings (SSSR count). The molecule has 1 N–H and O–H groups in total. The summed E-state index contributed by atoms with van der Waals surface area (Å²) in [5.74, 6) is 0.996. The molecule has 0 aliphatic heterocycles. The fraction of sp³-hybridized carbons (Fsp3) is 0.647. The van der Waals surface area contributed by atoms with Gasteiger partial charge in [-0.15, -0.1) is 0 Å². The first-order chi connectivity index (χ1) is 8.88. The minimum atomic E-state index is 0.232. The Labute approximate surface area is 118 Å². The van der Waals surface area contributed by atoms with Crippen molar-refractivity contribution >= 4 is 0 Å². The highest BCUT2D eigenvalue weighted by Gasteiger charge is 2.06. The second-order valence-corrected chi connectivity index (χ2v) is 6.33. The van der Waals surface area contributed by atoms with Gasteiger partial charge in [-0.1, -0.05) is 6.07 Å². The van der Waals surface area contributed by atoms with E-state index in [-0.39, 0.29) is 5.54 Å². The molecule has 108 valence electrons. The predicted molar refractivity (Wildman–Crippen MR) is 83.0 cm³/mol. The molecule has 0 fully saturated rings. The number of ether oxygens (including phenoxy) is 1. The summed E-state index contributed by atoms with van der Waals surface area (Å²) in [7, 11) is 0. The third kappa shape index (κ3) is 7.22. The molecule has 0 bridgehead atoms. The average Bonchev–Trinajstić information content (AvgIpc) is 2.31. The Balaban J connectivity index is 2.09. The highest BCUT2D eigenvalue weighted by Crippen LogP contribution is 2.16. The standard InChI is InChI=1S/C17H29NO/c1-14-9-10-16(13-15(14)2)19-12-8-6-7-11-18-17(3,4)5/h9-10,13,18H,6-8,11-12H2,1-5H3. The topological polar surface area (TPSA) is 21.3 Å². The maximum Gasteiger partial charge on any atom is 0.119 e. The van der Waals surface area contributed by atoms with Crippen LogP contribution < -0.4 is 10.1 Å². The van der Waals surface area contributed by atoms with Gasteiger partial charge in [-0.05, 0) is 83.7 Å². The molecule has 0 saturated heterocycles. The number of aryl methyl sites for hydroxylation is 2. The largest absolute Gasteiger partial charge is 0.494 e. The third-order valence-corrected chi connectivity index (χ3v) is 3.22. The quantitative estimate of drug-likeness (QED) is 0.743. The fourth-order valence-electron chi connectivity index (χ4n) is 1.86. The number of nitrogens with one attached hydrogen (secondary N) is 1. The highest BCUT2D eigenvalue weighted by atomic mass is 16.5. The summed E-state index contributed by atoms with van der Waals surface area (Å²) in [5, 5.41) is 3.50. The lowest BCUT2D eigenvalue weighted by molar-refractivity contribution is 0.303. The van der Waals surface area contributed by atoms with Crippen LogP contribution >= 0.6 is 0 Å². The number of unbranched alkanes of at least 4 members (excludes halogenated alkanes) is 2. The molecule has 0 heterocycles. The van der Waals surface area contributed by atoms with Crippen LogP contribution in [0, 0.1) is 13.8 Å². The zero-order valence-corrected chi connectivity index (χ0v) is 13.2. The smallest absolute Gasteiger partial charge is 0.119 e. The molecular formula is C17H29NO. The minimum Gasteiger partial charge on any atom is -0.494 e. The Kier molecular flexibility index (Phi) is 6.36. The zero-order chi connectivity index (χ0) is 14.3. The summed E-state index contributed by atoms with van der Waals surface area (Å²) in [6.45, 7) is 12.8. The number of benzene rings is 1. The predicted octanol–water partition coefficient (Wildman–Crippen LogP) is 4.24. The second kappa shape index (κ2) is 7.54. The van der Waals surface area contributed by atoms with Crippen LogP contribution in [-0.2, 0) is 0 Å². The van der Waals surface area contributed by atoms with Crippen LogP contribution in [0.25, 0.3) is 0 Å². The van der Waals surface area contributed by atoms with Crippen molar-refractivity contribution in [3.05, 3.63) is 29.3 Å². The Morgan fingerprint density at radius 2 is 1.74 bits per heavy atom. The van der Waals surface area contributed by atoms with Gasteiger partial charge in [-0.3, -0.25) is 0 Å². The van der Waals surface area contributed by atoms with Crippen molar-refractivity contribution in [1.82, 2.24) is 5.32 Å². The normalized spacial score (nSPS) is 11.6.